The van der Waals surface area contributed by atoms with Crippen LogP contribution in [-0.2, 0) is 0 Å². The summed E-state index contributed by atoms with van der Waals surface area (Å²) < 4.78 is 0. The zero-order valence-corrected chi connectivity index (χ0v) is 11.2. The molecule has 0 saturated heterocycles. The van der Waals surface area contributed by atoms with Crippen LogP contribution >= 0.6 is 15.9 Å². The second-order valence-electron chi connectivity index (χ2n) is 3.91. The molecule has 0 radical (unpaired) electrons. The molecular weight excluding hydrogens is 286 g/mol. The van der Waals surface area contributed by atoms with Crippen LogP contribution in [0.3, 0.4) is 0 Å². The van der Waals surface area contributed by atoms with E-state index in [-0.39, 0.29) is 23.4 Å². The summed E-state index contributed by atoms with van der Waals surface area (Å²) in [7, 11) is 0. The topological polar surface area (TPSA) is 69.6 Å². The number of nitrogens with one attached hydrogen (secondary N) is 1. The number of amides is 1. The van der Waals surface area contributed by atoms with Crippen molar-refractivity contribution in [3.8, 4) is 11.5 Å². The fraction of sp³-hybridized carbons (Fsp3) is 0.417. The van der Waals surface area contributed by atoms with Crippen LogP contribution in [0, 0.1) is 0 Å². The molecule has 0 aliphatic carbocycles. The van der Waals surface area contributed by atoms with Gasteiger partial charge in [0, 0.05) is 16.9 Å². The summed E-state index contributed by atoms with van der Waals surface area (Å²) in [6, 6.07) is 4.10. The predicted octanol–water partition coefficient (Wildman–Crippen LogP) is 2.39. The lowest BCUT2D eigenvalue weighted by atomic mass is 10.1. The SMILES string of the molecule is CC(CCCBr)NC(=O)c1ccc(O)c(O)c1. The molecule has 4 nitrogen and oxygen atoms in total. The van der Waals surface area contributed by atoms with Gasteiger partial charge in [-0.25, -0.2) is 0 Å². The Kier molecular flexibility index (Phi) is 5.28. The third-order valence-corrected chi connectivity index (χ3v) is 2.95. The van der Waals surface area contributed by atoms with Gasteiger partial charge in [0.25, 0.3) is 5.91 Å². The van der Waals surface area contributed by atoms with E-state index < -0.39 is 0 Å². The van der Waals surface area contributed by atoms with Gasteiger partial charge in [-0.2, -0.15) is 0 Å². The molecule has 5 heteroatoms. The Hall–Kier alpha value is -1.23. The Morgan fingerprint density at radius 3 is 2.71 bits per heavy atom. The number of alkyl halides is 1. The molecule has 0 bridgehead atoms. The average molecular weight is 302 g/mol. The van der Waals surface area contributed by atoms with Crippen LogP contribution in [0.4, 0.5) is 0 Å². The summed E-state index contributed by atoms with van der Waals surface area (Å²) in [4.78, 5) is 11.8. The first kappa shape index (κ1) is 13.8. The maximum Gasteiger partial charge on any atom is 0.251 e. The van der Waals surface area contributed by atoms with E-state index >= 15 is 0 Å². The molecule has 0 aliphatic rings. The fourth-order valence-electron chi connectivity index (χ4n) is 1.43. The number of phenols is 2. The van der Waals surface area contributed by atoms with Gasteiger partial charge in [0.2, 0.25) is 0 Å². The molecule has 17 heavy (non-hydrogen) atoms. The van der Waals surface area contributed by atoms with E-state index in [1.165, 1.54) is 18.2 Å². The number of halogens is 1. The third-order valence-electron chi connectivity index (χ3n) is 2.39. The zero-order valence-electron chi connectivity index (χ0n) is 9.61. The van der Waals surface area contributed by atoms with Crippen molar-refractivity contribution in [1.29, 1.82) is 0 Å². The summed E-state index contributed by atoms with van der Waals surface area (Å²) in [6.45, 7) is 1.93. The zero-order chi connectivity index (χ0) is 12.8. The molecule has 1 amide bonds. The van der Waals surface area contributed by atoms with Crippen molar-refractivity contribution in [3.05, 3.63) is 23.8 Å². The van der Waals surface area contributed by atoms with Crippen molar-refractivity contribution in [1.82, 2.24) is 5.32 Å². The lowest BCUT2D eigenvalue weighted by Crippen LogP contribution is -2.32. The first-order valence-corrected chi connectivity index (χ1v) is 6.55. The van der Waals surface area contributed by atoms with Gasteiger partial charge < -0.3 is 15.5 Å². The number of benzene rings is 1. The highest BCUT2D eigenvalue weighted by molar-refractivity contribution is 9.09. The van der Waals surface area contributed by atoms with E-state index in [0.29, 0.717) is 5.56 Å². The van der Waals surface area contributed by atoms with E-state index in [0.717, 1.165) is 18.2 Å². The number of carbonyl (C=O) groups excluding carboxylic acids is 1. The van der Waals surface area contributed by atoms with Crippen molar-refractivity contribution in [3.63, 3.8) is 0 Å². The number of aromatic hydroxyl groups is 2. The van der Waals surface area contributed by atoms with E-state index in [1.807, 2.05) is 6.92 Å². The summed E-state index contributed by atoms with van der Waals surface area (Å²) in [5, 5.41) is 22.2. The first-order chi connectivity index (χ1) is 8.04. The molecule has 1 rings (SSSR count). The minimum absolute atomic E-state index is 0.0796. The highest BCUT2D eigenvalue weighted by atomic mass is 79.9. The monoisotopic (exact) mass is 301 g/mol. The molecule has 1 atom stereocenters. The lowest BCUT2D eigenvalue weighted by molar-refractivity contribution is 0.0938. The summed E-state index contributed by atoms with van der Waals surface area (Å²) in [5.74, 6) is -0.762. The van der Waals surface area contributed by atoms with Crippen LogP contribution in [0.15, 0.2) is 18.2 Å². The molecule has 3 N–H and O–H groups in total. The van der Waals surface area contributed by atoms with Gasteiger partial charge in [0.05, 0.1) is 0 Å². The second-order valence-corrected chi connectivity index (χ2v) is 4.70. The Labute approximate surface area is 109 Å². The molecule has 0 spiro atoms. The van der Waals surface area contributed by atoms with Crippen LogP contribution in [0.5, 0.6) is 11.5 Å². The van der Waals surface area contributed by atoms with Gasteiger partial charge in [-0.1, -0.05) is 15.9 Å². The van der Waals surface area contributed by atoms with Crippen LogP contribution in [0.1, 0.15) is 30.1 Å². The molecule has 1 unspecified atom stereocenters. The molecule has 0 saturated carbocycles. The van der Waals surface area contributed by atoms with Gasteiger partial charge >= 0.3 is 0 Å². The number of rotatable bonds is 5. The van der Waals surface area contributed by atoms with Gasteiger partial charge in [-0.05, 0) is 38.0 Å². The van der Waals surface area contributed by atoms with Crippen molar-refractivity contribution in [2.24, 2.45) is 0 Å². The summed E-state index contributed by atoms with van der Waals surface area (Å²) in [6.07, 6.45) is 1.88. The Morgan fingerprint density at radius 2 is 2.12 bits per heavy atom. The smallest absolute Gasteiger partial charge is 0.251 e. The largest absolute Gasteiger partial charge is 0.504 e. The normalized spacial score (nSPS) is 12.1. The van der Waals surface area contributed by atoms with Crippen LogP contribution < -0.4 is 5.32 Å². The second kappa shape index (κ2) is 6.49. The van der Waals surface area contributed by atoms with Gasteiger partial charge in [0.15, 0.2) is 11.5 Å². The van der Waals surface area contributed by atoms with E-state index in [2.05, 4.69) is 21.2 Å². The Bertz CT molecular complexity index is 395. The van der Waals surface area contributed by atoms with Crippen molar-refractivity contribution in [2.75, 3.05) is 5.33 Å². The quantitative estimate of drug-likeness (QED) is 0.578. The predicted molar refractivity (Wildman–Crippen MR) is 69.7 cm³/mol. The maximum atomic E-state index is 11.8. The van der Waals surface area contributed by atoms with E-state index in [1.54, 1.807) is 0 Å². The maximum absolute atomic E-state index is 11.8. The molecule has 0 heterocycles. The van der Waals surface area contributed by atoms with Crippen molar-refractivity contribution < 1.29 is 15.0 Å². The van der Waals surface area contributed by atoms with E-state index in [9.17, 15) is 9.90 Å². The minimum atomic E-state index is -0.286. The average Bonchev–Trinajstić information content (AvgIpc) is 2.30. The molecule has 0 aliphatic heterocycles. The first-order valence-electron chi connectivity index (χ1n) is 5.43. The van der Waals surface area contributed by atoms with Crippen LogP contribution in [0.25, 0.3) is 0 Å². The van der Waals surface area contributed by atoms with E-state index in [4.69, 9.17) is 5.11 Å². The molecule has 1 aromatic rings. The highest BCUT2D eigenvalue weighted by Crippen LogP contribution is 2.24. The van der Waals surface area contributed by atoms with Gasteiger partial charge in [0.1, 0.15) is 0 Å². The molecular formula is C12H16BrNO3. The molecule has 1 aromatic carbocycles. The molecule has 0 aromatic heterocycles. The van der Waals surface area contributed by atoms with Gasteiger partial charge in [-0.3, -0.25) is 4.79 Å². The fourth-order valence-corrected chi connectivity index (χ4v) is 1.75. The third kappa shape index (κ3) is 4.26. The van der Waals surface area contributed by atoms with Crippen molar-refractivity contribution >= 4 is 21.8 Å². The Balaban J connectivity index is 2.60. The number of carbonyl (C=O) groups is 1. The minimum Gasteiger partial charge on any atom is -0.504 e. The standard InChI is InChI=1S/C12H16BrNO3/c1-8(3-2-6-13)14-12(17)9-4-5-10(15)11(16)7-9/h4-5,7-8,15-16H,2-3,6H2,1H3,(H,14,17). The molecule has 94 valence electrons. The number of phenolic OH excluding ortho intramolecular Hbond substituents is 2. The molecule has 0 fully saturated rings. The lowest BCUT2D eigenvalue weighted by Gasteiger charge is -2.13. The highest BCUT2D eigenvalue weighted by Gasteiger charge is 2.11. The van der Waals surface area contributed by atoms with Crippen molar-refractivity contribution in [2.45, 2.75) is 25.8 Å². The number of hydrogen-bond donors (Lipinski definition) is 3. The Morgan fingerprint density at radius 1 is 1.41 bits per heavy atom. The summed E-state index contributed by atoms with van der Waals surface area (Å²) >= 11 is 3.33. The van der Waals surface area contributed by atoms with Crippen LogP contribution in [0.2, 0.25) is 0 Å². The summed E-state index contributed by atoms with van der Waals surface area (Å²) in [5.41, 5.74) is 0.339. The number of hydrogen-bond acceptors (Lipinski definition) is 3. The van der Waals surface area contributed by atoms with Crippen LogP contribution in [-0.4, -0.2) is 27.5 Å². The van der Waals surface area contributed by atoms with Gasteiger partial charge in [-0.15, -0.1) is 0 Å².